The molecule has 1 aliphatic heterocycles. The quantitative estimate of drug-likeness (QED) is 0.0229. The first-order valence-electron chi connectivity index (χ1n) is 43.5. The molecular weight excluding hydrogens is 1680 g/mol. The highest BCUT2D eigenvalue weighted by Crippen LogP contribution is 2.43. The predicted octanol–water partition coefficient (Wildman–Crippen LogP) is 13.2. The van der Waals surface area contributed by atoms with E-state index in [1.807, 2.05) is 98.0 Å². The highest BCUT2D eigenvalue weighted by atomic mass is 16.5. The first kappa shape index (κ1) is 92.9. The van der Waals surface area contributed by atoms with Crippen molar-refractivity contribution in [3.8, 4) is 91.2 Å². The average Bonchev–Trinajstić information content (AvgIpc) is 1.43. The second kappa shape index (κ2) is 40.2. The Morgan fingerprint density at radius 3 is 0.985 bits per heavy atom. The van der Waals surface area contributed by atoms with Crippen molar-refractivity contribution in [3.05, 3.63) is 218 Å². The summed E-state index contributed by atoms with van der Waals surface area (Å²) in [5.41, 5.74) is 31.9. The molecule has 40 nitrogen and oxygen atoms in total. The van der Waals surface area contributed by atoms with Crippen LogP contribution in [0, 0.1) is 23.7 Å². The minimum Gasteiger partial charge on any atom is -0.389 e. The van der Waals surface area contributed by atoms with Crippen LogP contribution in [0.25, 0.3) is 91.2 Å². The number of nitrogen functional groups attached to an aromatic ring is 4. The molecule has 0 aromatic carbocycles. The molecule has 17 heterocycles. The van der Waals surface area contributed by atoms with E-state index in [0.29, 0.717) is 99.2 Å². The summed E-state index contributed by atoms with van der Waals surface area (Å²) >= 11 is 0. The predicted molar refractivity (Wildman–Crippen MR) is 496 cm³/mol. The molecule has 0 spiro atoms. The van der Waals surface area contributed by atoms with E-state index in [0.717, 1.165) is 87.8 Å². The van der Waals surface area contributed by atoms with E-state index in [1.165, 1.54) is 32.1 Å². The molecule has 0 bridgehead atoms. The molecule has 0 saturated carbocycles. The van der Waals surface area contributed by atoms with Crippen molar-refractivity contribution in [2.75, 3.05) is 66.3 Å². The van der Waals surface area contributed by atoms with E-state index in [1.54, 1.807) is 105 Å². The standard InChI is InChI=1S/C25H31N9O.C23H28N8O2.2C22H25N9O/c1-17(2)25(3,20-6-7-21(27-15-20)18-12-28-24(26)29-13-18)23-31-22(35-32-23)19-14-30-34(16-19)11-10-33-8-4-5-9-33;1-14(2)23(5,16-6-7-17(25-9-16)18-10-27-19(24)11-26-18)21-29-20(33-30-21)15-8-28-31(12-15)13-22(3,4)32;2*1-5-24-18-12-26-17(11-27-18)19-30-20(31-32-19)22(4,13(2)3)15-6-7-16(25-10-15)14-8-28-21(23)29-9-14/h6-7,12-17H,4-5,8-11H2,1-3H3,(H2,26,28,29);6-12,14,32H,13H2,1-5H3,(H2,24,27);2*6-13H,5H2,1-4H3,(H,24,27)(H2,23,28,29)/t25-;23-;2*22-/m1110/s1. The van der Waals surface area contributed by atoms with Gasteiger partial charge in [0.2, 0.25) is 17.8 Å². The van der Waals surface area contributed by atoms with E-state index in [2.05, 4.69) is 219 Å². The summed E-state index contributed by atoms with van der Waals surface area (Å²) in [4.78, 5) is 89.7. The van der Waals surface area contributed by atoms with Crippen LogP contribution in [0.3, 0.4) is 0 Å². The van der Waals surface area contributed by atoms with Gasteiger partial charge in [-0.25, -0.2) is 59.8 Å². The molecule has 40 heteroatoms. The van der Waals surface area contributed by atoms with Gasteiger partial charge >= 0.3 is 0 Å². The van der Waals surface area contributed by atoms with Gasteiger partial charge in [-0.2, -0.15) is 30.1 Å². The Balaban J connectivity index is 0.000000142. The molecule has 0 radical (unpaired) electrons. The fourth-order valence-electron chi connectivity index (χ4n) is 14.6. The number of anilines is 6. The Hall–Kier alpha value is -15.2. The Morgan fingerprint density at radius 2 is 0.667 bits per heavy atom. The summed E-state index contributed by atoms with van der Waals surface area (Å²) in [6.07, 6.45) is 36.7. The molecule has 1 saturated heterocycles. The summed E-state index contributed by atoms with van der Waals surface area (Å²) in [5.74, 6) is 6.95. The third-order valence-corrected chi connectivity index (χ3v) is 24.1. The third kappa shape index (κ3) is 21.0. The fourth-order valence-corrected chi connectivity index (χ4v) is 14.6. The lowest BCUT2D eigenvalue weighted by atomic mass is 9.73. The van der Waals surface area contributed by atoms with E-state index < -0.39 is 27.3 Å². The summed E-state index contributed by atoms with van der Waals surface area (Å²) in [7, 11) is 0. The van der Waals surface area contributed by atoms with E-state index in [4.69, 9.17) is 51.0 Å². The molecule has 4 atom stereocenters. The molecule has 0 amide bonds. The Bertz CT molecular complexity index is 6190. The molecule has 1 aliphatic rings. The number of likely N-dealkylation sites (tertiary alicyclic amines) is 1. The molecule has 0 unspecified atom stereocenters. The molecule has 17 rings (SSSR count). The minimum absolute atomic E-state index is 0.157. The molecular formula is C92H109N35O5. The number of rotatable bonds is 29. The van der Waals surface area contributed by atoms with Crippen molar-refractivity contribution >= 4 is 35.3 Å². The Kier molecular flexibility index (Phi) is 28.3. The molecule has 0 aliphatic carbocycles. The molecule has 16 aromatic heterocycles. The van der Waals surface area contributed by atoms with Crippen molar-refractivity contribution in [2.45, 2.75) is 164 Å². The monoisotopic (exact) mass is 1780 g/mol. The fraction of sp³-hybridized carbons (Fsp3) is 0.370. The van der Waals surface area contributed by atoms with Crippen LogP contribution in [0.1, 0.15) is 169 Å². The van der Waals surface area contributed by atoms with Gasteiger partial charge in [0.15, 0.2) is 23.3 Å². The second-order valence-corrected chi connectivity index (χ2v) is 34.6. The number of hydrogen-bond acceptors (Lipinski definition) is 38. The van der Waals surface area contributed by atoms with Crippen molar-refractivity contribution in [1.29, 1.82) is 0 Å². The summed E-state index contributed by atoms with van der Waals surface area (Å²) < 4.78 is 26.0. The third-order valence-electron chi connectivity index (χ3n) is 24.1. The van der Waals surface area contributed by atoms with Gasteiger partial charge in [0.05, 0.1) is 124 Å². The maximum Gasteiger partial charge on any atom is 0.278 e. The molecule has 132 heavy (non-hydrogen) atoms. The summed E-state index contributed by atoms with van der Waals surface area (Å²) in [6.45, 7) is 38.9. The lowest BCUT2D eigenvalue weighted by molar-refractivity contribution is 0.0577. The number of nitrogens with one attached hydrogen (secondary N) is 2. The maximum atomic E-state index is 10.0. The van der Waals surface area contributed by atoms with E-state index in [9.17, 15) is 5.11 Å². The van der Waals surface area contributed by atoms with Crippen LogP contribution in [0.5, 0.6) is 0 Å². The Morgan fingerprint density at radius 1 is 0.341 bits per heavy atom. The van der Waals surface area contributed by atoms with Crippen LogP contribution in [-0.2, 0) is 34.7 Å². The lowest BCUT2D eigenvalue weighted by Crippen LogP contribution is -2.31. The number of aromatic nitrogens is 28. The van der Waals surface area contributed by atoms with Gasteiger partial charge in [0, 0.05) is 111 Å². The SMILES string of the molecule is CC(C)[C@](C)(c1ccc(-c2cnc(N)cn2)nc1)c1noc(-c2cnn(CC(C)(C)O)c2)n1.CC(C)[C@](C)(c1ccc(-c2cnc(N)nc2)nc1)c1noc(-c2cnn(CCN3CCCC3)c2)n1.CCNc1cnc(-c2nc([C@@](C)(c3ccc(-c4cnc(N)nc4)nc3)C(C)C)no2)cn1.CCNc1cnc(-c2nc([C@](C)(c3ccc(-c4cnc(N)nc4)nc3)C(C)C)no2)cn1. The van der Waals surface area contributed by atoms with Gasteiger partial charge in [-0.1, -0.05) is 100 Å². The maximum absolute atomic E-state index is 10.0. The largest absolute Gasteiger partial charge is 0.389 e. The van der Waals surface area contributed by atoms with Crippen LogP contribution in [0.15, 0.2) is 191 Å². The highest BCUT2D eigenvalue weighted by Gasteiger charge is 2.43. The van der Waals surface area contributed by atoms with Crippen molar-refractivity contribution in [1.82, 2.24) is 145 Å². The van der Waals surface area contributed by atoms with E-state index in [-0.39, 0.29) is 41.5 Å². The number of aliphatic hydroxyl groups is 1. The van der Waals surface area contributed by atoms with Gasteiger partial charge in [0.1, 0.15) is 34.5 Å². The first-order valence-corrected chi connectivity index (χ1v) is 43.5. The number of nitrogens with two attached hydrogens (primary N) is 4. The van der Waals surface area contributed by atoms with Crippen molar-refractivity contribution in [2.24, 2.45) is 23.7 Å². The van der Waals surface area contributed by atoms with Crippen LogP contribution < -0.4 is 33.6 Å². The van der Waals surface area contributed by atoms with Gasteiger partial charge in [0.25, 0.3) is 23.6 Å². The zero-order valence-corrected chi connectivity index (χ0v) is 76.7. The highest BCUT2D eigenvalue weighted by molar-refractivity contribution is 5.62. The average molecular weight is 1790 g/mol. The van der Waals surface area contributed by atoms with Crippen LogP contribution in [0.2, 0.25) is 0 Å². The van der Waals surface area contributed by atoms with Crippen molar-refractivity contribution < 1.29 is 23.2 Å². The van der Waals surface area contributed by atoms with E-state index >= 15 is 0 Å². The minimum atomic E-state index is -0.878. The van der Waals surface area contributed by atoms with Crippen LogP contribution >= 0.6 is 0 Å². The summed E-state index contributed by atoms with van der Waals surface area (Å²) in [6, 6.07) is 15.8. The van der Waals surface area contributed by atoms with Crippen molar-refractivity contribution in [3.63, 3.8) is 0 Å². The zero-order chi connectivity index (χ0) is 93.7. The van der Waals surface area contributed by atoms with Gasteiger partial charge in [-0.3, -0.25) is 29.3 Å². The van der Waals surface area contributed by atoms with Crippen LogP contribution in [-0.4, -0.2) is 188 Å². The zero-order valence-electron chi connectivity index (χ0n) is 76.7. The second-order valence-electron chi connectivity index (χ2n) is 34.6. The normalized spacial score (nSPS) is 14.1. The van der Waals surface area contributed by atoms with Gasteiger partial charge in [-0.15, -0.1) is 0 Å². The topological polar surface area (TPSA) is 549 Å². The number of hydrogen-bond donors (Lipinski definition) is 7. The van der Waals surface area contributed by atoms with Gasteiger partial charge < -0.3 is 61.7 Å². The smallest absolute Gasteiger partial charge is 0.278 e. The Labute approximate surface area is 762 Å². The molecule has 682 valence electrons. The first-order chi connectivity index (χ1) is 63.3. The molecule has 16 aromatic rings. The molecule has 1 fully saturated rings. The summed E-state index contributed by atoms with van der Waals surface area (Å²) in [5, 5.41) is 42.3. The van der Waals surface area contributed by atoms with Gasteiger partial charge in [-0.05, 0) is 152 Å². The lowest BCUT2D eigenvalue weighted by Gasteiger charge is -2.30. The van der Waals surface area contributed by atoms with Crippen LogP contribution in [0.4, 0.5) is 35.3 Å². The molecule has 11 N–H and O–H groups in total. The number of pyridine rings is 4. The number of nitrogens with zero attached hydrogens (tertiary/aromatic N) is 29.